The summed E-state index contributed by atoms with van der Waals surface area (Å²) in [7, 11) is 0. The van der Waals surface area contributed by atoms with E-state index in [1.807, 2.05) is 84.9 Å². The number of ether oxygens (including phenoxy) is 4. The van der Waals surface area contributed by atoms with Crippen LogP contribution in [0.25, 0.3) is 53.6 Å². The number of allylic oxidation sites excluding steroid dienone is 6. The van der Waals surface area contributed by atoms with Gasteiger partial charge in [-0.2, -0.15) is 21.0 Å². The molecule has 14 rings (SSSR count). The molecule has 0 aliphatic heterocycles. The van der Waals surface area contributed by atoms with Crippen LogP contribution in [0.4, 0.5) is 17.6 Å². The van der Waals surface area contributed by atoms with E-state index < -0.39 is 56.8 Å². The van der Waals surface area contributed by atoms with Crippen LogP contribution in [-0.4, -0.2) is 38.0 Å². The number of hydrogen-bond acceptors (Lipinski definition) is 14. The third-order valence-electron chi connectivity index (χ3n) is 22.9. The molecule has 4 aromatic heterocycles. The first-order chi connectivity index (χ1) is 56.7. The minimum absolute atomic E-state index is 0.0463. The molecule has 18 heteroatoms. The van der Waals surface area contributed by atoms with Crippen LogP contribution in [0.5, 0.6) is 23.0 Å². The number of benzene rings is 6. The largest absolute Gasteiger partial charge is 0.494 e. The molecule has 0 unspecified atom stereocenters. The highest BCUT2D eigenvalue weighted by Gasteiger charge is 2.56. The number of halogens is 4. The second-order valence-electron chi connectivity index (χ2n) is 30.5. The maximum Gasteiger partial charge on any atom is 0.194 e. The first-order valence-electron chi connectivity index (χ1n) is 41.1. The average Bonchev–Trinajstić information content (AvgIpc) is 1.48. The fourth-order valence-electron chi connectivity index (χ4n) is 17.1. The number of nitrogens with zero attached hydrogens (tertiary/aromatic N) is 4. The second kappa shape index (κ2) is 37.2. The molecule has 6 aromatic carbocycles. The minimum atomic E-state index is -1.24. The van der Waals surface area contributed by atoms with Crippen molar-refractivity contribution in [2.24, 2.45) is 0 Å². The van der Waals surface area contributed by atoms with Crippen LogP contribution < -0.4 is 18.9 Å². The van der Waals surface area contributed by atoms with Crippen molar-refractivity contribution < 1.29 is 46.1 Å². The lowest BCUT2D eigenvalue weighted by Gasteiger charge is -2.33. The maximum absolute atomic E-state index is 15.4. The Morgan fingerprint density at radius 2 is 0.603 bits per heavy atom. The first-order valence-corrected chi connectivity index (χ1v) is 44.4. The average molecular weight is 1630 g/mol. The number of fused-ring (bicyclic) bond motifs is 11. The van der Waals surface area contributed by atoms with Gasteiger partial charge in [0.05, 0.1) is 46.7 Å². The van der Waals surface area contributed by atoms with Gasteiger partial charge in [0.15, 0.2) is 34.8 Å². The van der Waals surface area contributed by atoms with E-state index in [9.17, 15) is 30.6 Å². The van der Waals surface area contributed by atoms with E-state index in [1.165, 1.54) is 74.0 Å². The zero-order valence-electron chi connectivity index (χ0n) is 66.0. The van der Waals surface area contributed by atoms with Crippen LogP contribution in [0.2, 0.25) is 0 Å². The minimum Gasteiger partial charge on any atom is -0.494 e. The number of nitriles is 4. The lowest BCUT2D eigenvalue weighted by Crippen LogP contribution is -2.28. The van der Waals surface area contributed by atoms with Gasteiger partial charge in [-0.1, -0.05) is 205 Å². The smallest absolute Gasteiger partial charge is 0.194 e. The lowest BCUT2D eigenvalue weighted by atomic mass is 9.70. The number of unbranched alkanes of at least 4 members (excludes halogenated alkanes) is 20. The van der Waals surface area contributed by atoms with Gasteiger partial charge < -0.3 is 18.9 Å². The van der Waals surface area contributed by atoms with Crippen molar-refractivity contribution in [2.45, 2.75) is 193 Å². The van der Waals surface area contributed by atoms with E-state index in [4.69, 9.17) is 18.9 Å². The molecule has 4 aliphatic carbocycles. The molecule has 0 fully saturated rings. The summed E-state index contributed by atoms with van der Waals surface area (Å²) in [5, 5.41) is 42.1. The van der Waals surface area contributed by atoms with Crippen LogP contribution in [0.1, 0.15) is 267 Å². The number of carbonyl (C=O) groups excluding carboxylic acids is 2. The Hall–Kier alpha value is -10.4. The number of hydrogen-bond donors (Lipinski definition) is 0. The summed E-state index contributed by atoms with van der Waals surface area (Å²) in [6, 6.07) is 48.7. The van der Waals surface area contributed by atoms with Crippen molar-refractivity contribution in [1.29, 1.82) is 21.0 Å². The highest BCUT2D eigenvalue weighted by atomic mass is 32.1. The topological polar surface area (TPSA) is 166 Å². The van der Waals surface area contributed by atoms with Crippen molar-refractivity contribution >= 4 is 89.6 Å². The Labute approximate surface area is 693 Å². The molecule has 0 atom stereocenters. The predicted octanol–water partition coefficient (Wildman–Crippen LogP) is 27.5. The van der Waals surface area contributed by atoms with E-state index >= 15 is 17.6 Å². The Morgan fingerprint density at radius 3 is 0.871 bits per heavy atom. The van der Waals surface area contributed by atoms with E-state index in [0.717, 1.165) is 200 Å². The first kappa shape index (κ1) is 82.1. The van der Waals surface area contributed by atoms with Crippen LogP contribution in [0.15, 0.2) is 156 Å². The Morgan fingerprint density at radius 1 is 0.345 bits per heavy atom. The SMILES string of the molecule is CCCCCCCCOc1ccc(C2(c3ccc(OCCCCCCCC)cc3)c3sc(/C=C4\C(=O)c5cc(F)c(F)cc5C4=C(C#N)C#N)cc3-c3sc4c5c(sc4c32)-c2cc(/C=C3\C(=O)c4cc(F)c(F)cc4C3=C(C#N)C#N)sc2C5(c2ccc(OCCCCCCCC)cc2)c2ccc(OCCCCCCCC)cc2)cc1. The molecule has 0 N–H and O–H groups in total. The third-order valence-corrected chi connectivity index (χ3v) is 27.9. The van der Waals surface area contributed by atoms with E-state index in [-0.39, 0.29) is 44.5 Å². The molecule has 0 bridgehead atoms. The van der Waals surface area contributed by atoms with Gasteiger partial charge in [-0.25, -0.2) is 17.6 Å². The molecule has 0 radical (unpaired) electrons. The third kappa shape index (κ3) is 15.9. The van der Waals surface area contributed by atoms with Gasteiger partial charge in [-0.3, -0.25) is 9.59 Å². The summed E-state index contributed by atoms with van der Waals surface area (Å²) in [6.07, 6.45) is 29.7. The van der Waals surface area contributed by atoms with Crippen molar-refractivity contribution in [3.8, 4) is 68.2 Å². The van der Waals surface area contributed by atoms with Crippen molar-refractivity contribution in [3.63, 3.8) is 0 Å². The quantitative estimate of drug-likeness (QED) is 0.0157. The van der Waals surface area contributed by atoms with Gasteiger partial charge in [-0.05, 0) is 156 Å². The van der Waals surface area contributed by atoms with E-state index in [2.05, 4.69) is 76.2 Å². The zero-order chi connectivity index (χ0) is 81.0. The number of rotatable bonds is 38. The second-order valence-corrected chi connectivity index (χ2v) is 34.7. The highest BCUT2D eigenvalue weighted by Crippen LogP contribution is 2.70. The normalized spacial score (nSPS) is 14.4. The number of thiophene rings is 4. The summed E-state index contributed by atoms with van der Waals surface area (Å²) >= 11 is 6.22. The van der Waals surface area contributed by atoms with E-state index in [1.54, 1.807) is 34.8 Å². The number of carbonyl (C=O) groups is 2. The summed E-state index contributed by atoms with van der Waals surface area (Å²) in [5.41, 5.74) is 3.49. The molecule has 10 nitrogen and oxygen atoms in total. The van der Waals surface area contributed by atoms with Crippen LogP contribution in [0, 0.1) is 68.6 Å². The van der Waals surface area contributed by atoms with Gasteiger partial charge in [-0.15, -0.1) is 45.3 Å². The maximum atomic E-state index is 15.4. The predicted molar refractivity (Wildman–Crippen MR) is 459 cm³/mol. The molecular weight excluding hydrogens is 1530 g/mol. The van der Waals surface area contributed by atoms with Gasteiger partial charge in [0.2, 0.25) is 0 Å². The molecule has 0 saturated heterocycles. The Balaban J connectivity index is 1.02. The lowest BCUT2D eigenvalue weighted by molar-refractivity contribution is 0.103. The molecule has 0 spiro atoms. The van der Waals surface area contributed by atoms with Gasteiger partial charge in [0.1, 0.15) is 58.4 Å². The molecule has 0 amide bonds. The molecule has 592 valence electrons. The van der Waals surface area contributed by atoms with Gasteiger partial charge >= 0.3 is 0 Å². The summed E-state index contributed by atoms with van der Waals surface area (Å²) < 4.78 is 89.6. The fourth-order valence-corrected chi connectivity index (χ4v) is 23.0. The summed E-state index contributed by atoms with van der Waals surface area (Å²) in [4.78, 5) is 34.6. The monoisotopic (exact) mass is 1620 g/mol. The Bertz CT molecular complexity index is 5150. The summed E-state index contributed by atoms with van der Waals surface area (Å²) in [5.74, 6) is -3.44. The number of Topliss-reactive ketones (excluding diaryl/α,β-unsaturated/α-hetero) is 2. The molecular formula is C98H92F4N4O6S4. The number of ketones is 2. The van der Waals surface area contributed by atoms with Crippen LogP contribution in [0.3, 0.4) is 0 Å². The van der Waals surface area contributed by atoms with Crippen LogP contribution in [-0.2, 0) is 10.8 Å². The standard InChI is InChI=1S/C98H92F4N4O6S4/c1-5-9-13-17-21-25-45-109-67-37-29-63(30-38-67)97(64-31-39-68(40-32-64)110-46-26-22-18-14-10-6-2)87-91(79-51-71(113-95(79)97)49-77-85(61(57-103)58-104)73-53-81(99)83(101)55-75(73)89(77)107)115-94-88-92(116-93(87)94)80-52-72(50-78-86(62(59-105)60-106)74-54-82(100)84(102)56-76(74)90(78)108)114-96(80)98(88,65-33-41-69(42-34-65)111-47-27-23-19-15-11-7-3)66-35-43-70(44-36-66)112-48-28-24-20-16-12-8-4/h29-44,49-56H,5-28,45-48H2,1-4H3/b77-49-,78-50-. The molecule has 4 heterocycles. The van der Waals surface area contributed by atoms with Crippen LogP contribution >= 0.6 is 45.3 Å². The Kier molecular flexibility index (Phi) is 26.3. The highest BCUT2D eigenvalue weighted by molar-refractivity contribution is 7.32. The molecule has 116 heavy (non-hydrogen) atoms. The molecule has 10 aromatic rings. The fraction of sp³-hybridized carbons (Fsp3) is 0.347. The zero-order valence-corrected chi connectivity index (χ0v) is 69.3. The molecule has 0 saturated carbocycles. The van der Waals surface area contributed by atoms with Gasteiger partial charge in [0.25, 0.3) is 0 Å². The van der Waals surface area contributed by atoms with Crippen molar-refractivity contribution in [3.05, 3.63) is 254 Å². The van der Waals surface area contributed by atoms with Crippen molar-refractivity contribution in [2.75, 3.05) is 26.4 Å². The van der Waals surface area contributed by atoms with Crippen molar-refractivity contribution in [1.82, 2.24) is 0 Å². The summed E-state index contributed by atoms with van der Waals surface area (Å²) in [6.45, 7) is 11.0. The molecule has 4 aliphatic rings. The van der Waals surface area contributed by atoms with E-state index in [0.29, 0.717) is 59.2 Å². The van der Waals surface area contributed by atoms with Gasteiger partial charge in [0, 0.05) is 84.9 Å².